The molecule has 3 aromatic rings. The van der Waals surface area contributed by atoms with Gasteiger partial charge in [0.15, 0.2) is 0 Å². The van der Waals surface area contributed by atoms with Crippen molar-refractivity contribution in [1.29, 1.82) is 0 Å². The van der Waals surface area contributed by atoms with Gasteiger partial charge in [-0.1, -0.05) is 41.9 Å². The maximum absolute atomic E-state index is 13.5. The van der Waals surface area contributed by atoms with Gasteiger partial charge in [0.05, 0.1) is 16.3 Å². The van der Waals surface area contributed by atoms with Gasteiger partial charge in [0, 0.05) is 23.9 Å². The lowest BCUT2D eigenvalue weighted by molar-refractivity contribution is 0.0950. The first kappa shape index (κ1) is 16.6. The molecule has 0 spiro atoms. The van der Waals surface area contributed by atoms with Crippen LogP contribution in [0.1, 0.15) is 16.1 Å². The van der Waals surface area contributed by atoms with Gasteiger partial charge in [0.25, 0.3) is 5.91 Å². The minimum absolute atomic E-state index is 0.0486. The Balaban J connectivity index is 1.59. The highest BCUT2D eigenvalue weighted by atomic mass is 35.5. The lowest BCUT2D eigenvalue weighted by atomic mass is 10.2. The Morgan fingerprint density at radius 2 is 1.92 bits per heavy atom. The van der Waals surface area contributed by atoms with Crippen molar-refractivity contribution in [2.75, 3.05) is 6.54 Å². The molecule has 2 aromatic carbocycles. The molecule has 1 amide bonds. The molecule has 3 nitrogen and oxygen atoms in total. The molecule has 1 aromatic heterocycles. The van der Waals surface area contributed by atoms with E-state index in [-0.39, 0.29) is 5.56 Å². The van der Waals surface area contributed by atoms with Gasteiger partial charge in [-0.15, -0.1) is 11.3 Å². The van der Waals surface area contributed by atoms with Crippen LogP contribution in [0.2, 0.25) is 5.02 Å². The van der Waals surface area contributed by atoms with E-state index in [4.69, 9.17) is 11.6 Å². The number of rotatable bonds is 5. The smallest absolute Gasteiger partial charge is 0.254 e. The molecule has 0 saturated carbocycles. The highest BCUT2D eigenvalue weighted by molar-refractivity contribution is 7.13. The molecule has 0 aliphatic rings. The van der Waals surface area contributed by atoms with Gasteiger partial charge in [0.2, 0.25) is 0 Å². The van der Waals surface area contributed by atoms with Crippen molar-refractivity contribution >= 4 is 28.8 Å². The number of hydrogen-bond donors (Lipinski definition) is 1. The number of halogens is 2. The van der Waals surface area contributed by atoms with Gasteiger partial charge in [-0.3, -0.25) is 4.79 Å². The van der Waals surface area contributed by atoms with Gasteiger partial charge in [0.1, 0.15) is 10.8 Å². The summed E-state index contributed by atoms with van der Waals surface area (Å²) in [7, 11) is 0. The number of hydrogen-bond acceptors (Lipinski definition) is 3. The Bertz CT molecular complexity index is 865. The number of thiazole rings is 1. The summed E-state index contributed by atoms with van der Waals surface area (Å²) in [6.07, 6.45) is 0.571. The van der Waals surface area contributed by atoms with E-state index in [1.807, 2.05) is 29.6 Å². The van der Waals surface area contributed by atoms with Crippen LogP contribution in [0, 0.1) is 5.82 Å². The fourth-order valence-corrected chi connectivity index (χ4v) is 3.40. The van der Waals surface area contributed by atoms with Crippen LogP contribution in [-0.4, -0.2) is 17.4 Å². The van der Waals surface area contributed by atoms with Crippen molar-refractivity contribution in [3.05, 3.63) is 76.0 Å². The molecule has 0 atom stereocenters. The molecule has 0 fully saturated rings. The third kappa shape index (κ3) is 3.80. The molecule has 3 rings (SSSR count). The number of benzene rings is 2. The third-order valence-corrected chi connectivity index (χ3v) is 4.70. The lowest BCUT2D eigenvalue weighted by Gasteiger charge is -2.04. The molecular formula is C18H14ClFN2OS. The predicted molar refractivity (Wildman–Crippen MR) is 95.0 cm³/mol. The molecule has 0 aliphatic carbocycles. The Kier molecular flexibility index (Phi) is 5.23. The Morgan fingerprint density at radius 1 is 1.17 bits per heavy atom. The van der Waals surface area contributed by atoms with Crippen LogP contribution in [0.5, 0.6) is 0 Å². The number of amides is 1. The van der Waals surface area contributed by atoms with Crippen LogP contribution < -0.4 is 5.32 Å². The first-order valence-corrected chi connectivity index (χ1v) is 8.63. The fraction of sp³-hybridized carbons (Fsp3) is 0.111. The molecule has 24 heavy (non-hydrogen) atoms. The number of carbonyl (C=O) groups excluding carboxylic acids is 1. The Labute approximate surface area is 148 Å². The zero-order valence-corrected chi connectivity index (χ0v) is 14.2. The van der Waals surface area contributed by atoms with E-state index in [9.17, 15) is 9.18 Å². The molecule has 0 radical (unpaired) electrons. The van der Waals surface area contributed by atoms with Gasteiger partial charge in [-0.2, -0.15) is 0 Å². The van der Waals surface area contributed by atoms with E-state index in [1.165, 1.54) is 23.5 Å². The molecule has 0 saturated heterocycles. The number of aromatic nitrogens is 1. The second kappa shape index (κ2) is 7.55. The molecule has 122 valence electrons. The topological polar surface area (TPSA) is 42.0 Å². The van der Waals surface area contributed by atoms with E-state index >= 15 is 0 Å². The minimum Gasteiger partial charge on any atom is -0.352 e. The van der Waals surface area contributed by atoms with Crippen molar-refractivity contribution in [2.45, 2.75) is 6.42 Å². The van der Waals surface area contributed by atoms with E-state index in [0.717, 1.165) is 16.3 Å². The van der Waals surface area contributed by atoms with Crippen LogP contribution in [0.3, 0.4) is 0 Å². The van der Waals surface area contributed by atoms with Crippen LogP contribution in [0.25, 0.3) is 10.6 Å². The predicted octanol–water partition coefficient (Wildman–Crippen LogP) is 4.58. The van der Waals surface area contributed by atoms with E-state index in [0.29, 0.717) is 18.0 Å². The normalized spacial score (nSPS) is 10.6. The van der Waals surface area contributed by atoms with Gasteiger partial charge in [-0.05, 0) is 18.2 Å². The fourth-order valence-electron chi connectivity index (χ4n) is 2.22. The van der Waals surface area contributed by atoms with Crippen molar-refractivity contribution in [3.63, 3.8) is 0 Å². The minimum atomic E-state index is -0.523. The zero-order valence-electron chi connectivity index (χ0n) is 12.6. The van der Waals surface area contributed by atoms with Crippen molar-refractivity contribution in [3.8, 4) is 10.6 Å². The maximum atomic E-state index is 13.5. The number of nitrogens with zero attached hydrogens (tertiary/aromatic N) is 1. The first-order chi connectivity index (χ1) is 11.6. The van der Waals surface area contributed by atoms with E-state index in [1.54, 1.807) is 12.1 Å². The van der Waals surface area contributed by atoms with Gasteiger partial charge < -0.3 is 5.32 Å². The lowest BCUT2D eigenvalue weighted by Crippen LogP contribution is -2.26. The summed E-state index contributed by atoms with van der Waals surface area (Å²) in [6.45, 7) is 0.388. The third-order valence-electron chi connectivity index (χ3n) is 3.44. The molecular weight excluding hydrogens is 347 g/mol. The van der Waals surface area contributed by atoms with Gasteiger partial charge in [-0.25, -0.2) is 9.37 Å². The summed E-state index contributed by atoms with van der Waals surface area (Å²) >= 11 is 7.68. The quantitative estimate of drug-likeness (QED) is 0.723. The average Bonchev–Trinajstić information content (AvgIpc) is 3.04. The summed E-state index contributed by atoms with van der Waals surface area (Å²) in [4.78, 5) is 16.5. The maximum Gasteiger partial charge on any atom is 0.254 e. The molecule has 1 heterocycles. The monoisotopic (exact) mass is 360 g/mol. The molecule has 1 N–H and O–H groups in total. The van der Waals surface area contributed by atoms with E-state index < -0.39 is 11.7 Å². The SMILES string of the molecule is O=C(NCCc1csc(-c2ccccc2Cl)n1)c1ccccc1F. The molecule has 0 unspecified atom stereocenters. The van der Waals surface area contributed by atoms with Crippen LogP contribution in [0.4, 0.5) is 4.39 Å². The van der Waals surface area contributed by atoms with Crippen LogP contribution >= 0.6 is 22.9 Å². The van der Waals surface area contributed by atoms with Crippen molar-refractivity contribution < 1.29 is 9.18 Å². The molecule has 0 bridgehead atoms. The summed E-state index contributed by atoms with van der Waals surface area (Å²) in [5.41, 5.74) is 1.81. The zero-order chi connectivity index (χ0) is 16.9. The van der Waals surface area contributed by atoms with E-state index in [2.05, 4.69) is 10.3 Å². The highest BCUT2D eigenvalue weighted by Crippen LogP contribution is 2.30. The summed E-state index contributed by atoms with van der Waals surface area (Å²) < 4.78 is 13.5. The molecule has 6 heteroatoms. The van der Waals surface area contributed by atoms with Gasteiger partial charge >= 0.3 is 0 Å². The summed E-state index contributed by atoms with van der Waals surface area (Å²) in [6, 6.07) is 13.5. The van der Waals surface area contributed by atoms with Crippen LogP contribution in [-0.2, 0) is 6.42 Å². The first-order valence-electron chi connectivity index (χ1n) is 7.37. The van der Waals surface area contributed by atoms with Crippen LogP contribution in [0.15, 0.2) is 53.9 Å². The standard InChI is InChI=1S/C18H14ClFN2OS/c19-15-7-3-1-5-13(15)18-22-12(11-24-18)9-10-21-17(23)14-6-2-4-8-16(14)20/h1-8,11H,9-10H2,(H,21,23). The summed E-state index contributed by atoms with van der Waals surface area (Å²) in [5.74, 6) is -0.945. The average molecular weight is 361 g/mol. The second-order valence-electron chi connectivity index (χ2n) is 5.11. The Morgan fingerprint density at radius 3 is 2.71 bits per heavy atom. The highest BCUT2D eigenvalue weighted by Gasteiger charge is 2.11. The Hall–Kier alpha value is -2.24. The largest absolute Gasteiger partial charge is 0.352 e. The van der Waals surface area contributed by atoms with Crippen molar-refractivity contribution in [2.24, 2.45) is 0 Å². The van der Waals surface area contributed by atoms with Crippen molar-refractivity contribution in [1.82, 2.24) is 10.3 Å². The molecule has 0 aliphatic heterocycles. The number of nitrogens with one attached hydrogen (secondary N) is 1. The summed E-state index contributed by atoms with van der Waals surface area (Å²) in [5, 5.41) is 6.15. The second-order valence-corrected chi connectivity index (χ2v) is 6.37. The number of carbonyl (C=O) groups is 1.